The second kappa shape index (κ2) is 7.23. The summed E-state index contributed by atoms with van der Waals surface area (Å²) in [6.07, 6.45) is 0. The molecule has 0 aliphatic rings. The van der Waals surface area contributed by atoms with E-state index in [4.69, 9.17) is 15.3 Å². The van der Waals surface area contributed by atoms with E-state index in [0.29, 0.717) is 22.8 Å². The van der Waals surface area contributed by atoms with E-state index in [1.807, 2.05) is 0 Å². The summed E-state index contributed by atoms with van der Waals surface area (Å²) in [7, 11) is 0. The lowest BCUT2D eigenvalue weighted by molar-refractivity contribution is -0.135. The monoisotopic (exact) mass is 321 g/mol. The van der Waals surface area contributed by atoms with Crippen molar-refractivity contribution in [1.82, 2.24) is 4.98 Å². The summed E-state index contributed by atoms with van der Waals surface area (Å²) in [6.45, 7) is 2.32. The fraction of sp³-hybridized carbons (Fsp3) is 0.444. The number of nitrogens with two attached hydrogens (primary N) is 1. The van der Waals surface area contributed by atoms with E-state index in [9.17, 15) is 4.79 Å². The maximum Gasteiger partial charge on any atom is 0.362 e. The molecule has 0 aliphatic heterocycles. The largest absolute Gasteiger partial charge is 0.461 e. The summed E-state index contributed by atoms with van der Waals surface area (Å²) < 4.78 is 4.86. The zero-order valence-corrected chi connectivity index (χ0v) is 11.6. The fourth-order valence-corrected chi connectivity index (χ4v) is 1.62. The molecular formula is C9H12BrN3O3S. The number of hydrogen-bond donors (Lipinski definition) is 1. The van der Waals surface area contributed by atoms with Gasteiger partial charge in [-0.25, -0.2) is 9.78 Å². The Morgan fingerprint density at radius 1 is 1.71 bits per heavy atom. The second-order valence-electron chi connectivity index (χ2n) is 2.75. The van der Waals surface area contributed by atoms with Crippen LogP contribution in [-0.4, -0.2) is 35.2 Å². The van der Waals surface area contributed by atoms with Crippen LogP contribution in [0.1, 0.15) is 12.6 Å². The van der Waals surface area contributed by atoms with Gasteiger partial charge in [-0.05, 0) is 6.92 Å². The van der Waals surface area contributed by atoms with Crippen LogP contribution in [0.2, 0.25) is 0 Å². The van der Waals surface area contributed by atoms with E-state index in [-0.39, 0.29) is 12.3 Å². The van der Waals surface area contributed by atoms with E-state index < -0.39 is 5.97 Å². The van der Waals surface area contributed by atoms with Crippen LogP contribution in [0.4, 0.5) is 5.13 Å². The molecule has 8 heteroatoms. The number of carbonyl (C=O) groups excluding carboxylic acids is 1. The minimum atomic E-state index is -0.577. The van der Waals surface area contributed by atoms with Gasteiger partial charge in [0.15, 0.2) is 5.13 Å². The van der Waals surface area contributed by atoms with Crippen LogP contribution < -0.4 is 5.73 Å². The number of alkyl halides is 1. The Labute approximate surface area is 111 Å². The highest BCUT2D eigenvalue weighted by Crippen LogP contribution is 2.13. The van der Waals surface area contributed by atoms with E-state index >= 15 is 0 Å². The van der Waals surface area contributed by atoms with Crippen molar-refractivity contribution in [2.45, 2.75) is 6.92 Å². The summed E-state index contributed by atoms with van der Waals surface area (Å²) in [5.41, 5.74) is 5.89. The zero-order chi connectivity index (χ0) is 12.7. The third kappa shape index (κ3) is 4.31. The van der Waals surface area contributed by atoms with Crippen molar-refractivity contribution in [1.29, 1.82) is 0 Å². The number of oxime groups is 1. The molecule has 1 aromatic heterocycles. The van der Waals surface area contributed by atoms with Gasteiger partial charge in [0.1, 0.15) is 12.3 Å². The van der Waals surface area contributed by atoms with Crippen LogP contribution in [-0.2, 0) is 14.4 Å². The van der Waals surface area contributed by atoms with Gasteiger partial charge in [0.25, 0.3) is 0 Å². The van der Waals surface area contributed by atoms with Gasteiger partial charge < -0.3 is 15.3 Å². The molecule has 0 amide bonds. The molecule has 0 atom stereocenters. The van der Waals surface area contributed by atoms with E-state index in [1.54, 1.807) is 12.3 Å². The highest BCUT2D eigenvalue weighted by molar-refractivity contribution is 9.09. The summed E-state index contributed by atoms with van der Waals surface area (Å²) >= 11 is 4.40. The molecule has 1 heterocycles. The number of hydrogen-bond acceptors (Lipinski definition) is 7. The van der Waals surface area contributed by atoms with E-state index in [1.165, 1.54) is 11.3 Å². The SMILES string of the molecule is CCOC(=O)/C(=N/OCCBr)c1csc(N)n1. The van der Waals surface area contributed by atoms with Crippen molar-refractivity contribution in [2.75, 3.05) is 24.3 Å². The fourth-order valence-electron chi connectivity index (χ4n) is 0.929. The van der Waals surface area contributed by atoms with Crippen molar-refractivity contribution in [2.24, 2.45) is 5.16 Å². The number of nitrogens with zero attached hydrogens (tertiary/aromatic N) is 2. The zero-order valence-electron chi connectivity index (χ0n) is 9.18. The first-order chi connectivity index (χ1) is 8.19. The van der Waals surface area contributed by atoms with Crippen LogP contribution in [0.25, 0.3) is 0 Å². The number of ether oxygens (including phenoxy) is 1. The number of carbonyl (C=O) groups is 1. The number of anilines is 1. The highest BCUT2D eigenvalue weighted by Gasteiger charge is 2.19. The third-order valence-electron chi connectivity index (χ3n) is 1.56. The van der Waals surface area contributed by atoms with Gasteiger partial charge in [0.05, 0.1) is 6.61 Å². The van der Waals surface area contributed by atoms with Gasteiger partial charge in [-0.1, -0.05) is 21.1 Å². The van der Waals surface area contributed by atoms with E-state index in [0.717, 1.165) is 0 Å². The molecule has 0 saturated heterocycles. The standard InChI is InChI=1S/C9H12BrN3O3S/c1-2-15-8(14)7(13-16-4-3-10)6-5-17-9(11)12-6/h5H,2-4H2,1H3,(H2,11,12)/b13-7+. The molecule has 0 unspecified atom stereocenters. The summed E-state index contributed by atoms with van der Waals surface area (Å²) in [6, 6.07) is 0. The second-order valence-corrected chi connectivity index (χ2v) is 4.44. The lowest BCUT2D eigenvalue weighted by Crippen LogP contribution is -2.20. The first kappa shape index (κ1) is 13.9. The summed E-state index contributed by atoms with van der Waals surface area (Å²) in [4.78, 5) is 20.5. The minimum absolute atomic E-state index is 0.0285. The Bertz CT molecular complexity index is 408. The van der Waals surface area contributed by atoms with Crippen molar-refractivity contribution >= 4 is 44.1 Å². The molecule has 0 spiro atoms. The number of aromatic nitrogens is 1. The van der Waals surface area contributed by atoms with Gasteiger partial charge in [-0.3, -0.25) is 0 Å². The molecule has 0 aromatic carbocycles. The first-order valence-corrected chi connectivity index (χ1v) is 6.83. The van der Waals surface area contributed by atoms with Gasteiger partial charge in [0, 0.05) is 10.7 Å². The summed E-state index contributed by atoms with van der Waals surface area (Å²) in [5, 5.41) is 6.32. The van der Waals surface area contributed by atoms with Crippen LogP contribution in [0.15, 0.2) is 10.5 Å². The topological polar surface area (TPSA) is 86.8 Å². The molecule has 94 valence electrons. The lowest BCUT2D eigenvalue weighted by Gasteiger charge is -2.03. The number of nitrogen functional groups attached to an aromatic ring is 1. The van der Waals surface area contributed by atoms with Crippen LogP contribution in [0.3, 0.4) is 0 Å². The first-order valence-electron chi connectivity index (χ1n) is 4.83. The van der Waals surface area contributed by atoms with Crippen LogP contribution in [0, 0.1) is 0 Å². The predicted molar refractivity (Wildman–Crippen MR) is 69.4 cm³/mol. The van der Waals surface area contributed by atoms with Gasteiger partial charge >= 0.3 is 5.97 Å². The molecule has 1 rings (SSSR count). The number of thiazole rings is 1. The van der Waals surface area contributed by atoms with Crippen molar-refractivity contribution in [3.8, 4) is 0 Å². The minimum Gasteiger partial charge on any atom is -0.461 e. The van der Waals surface area contributed by atoms with Crippen molar-refractivity contribution < 1.29 is 14.4 Å². The van der Waals surface area contributed by atoms with Gasteiger partial charge in [-0.15, -0.1) is 11.3 Å². The molecule has 6 nitrogen and oxygen atoms in total. The average Bonchev–Trinajstić information content (AvgIpc) is 2.71. The van der Waals surface area contributed by atoms with Gasteiger partial charge in [0.2, 0.25) is 5.71 Å². The van der Waals surface area contributed by atoms with Crippen LogP contribution >= 0.6 is 27.3 Å². The molecular weight excluding hydrogens is 310 g/mol. The molecule has 1 aromatic rings. The average molecular weight is 322 g/mol. The lowest BCUT2D eigenvalue weighted by atomic mass is 10.3. The molecule has 0 radical (unpaired) electrons. The molecule has 0 saturated carbocycles. The van der Waals surface area contributed by atoms with Crippen molar-refractivity contribution in [3.63, 3.8) is 0 Å². The highest BCUT2D eigenvalue weighted by atomic mass is 79.9. The Morgan fingerprint density at radius 3 is 3.00 bits per heavy atom. The normalized spacial score (nSPS) is 11.3. The van der Waals surface area contributed by atoms with E-state index in [2.05, 4.69) is 26.1 Å². The van der Waals surface area contributed by atoms with Gasteiger partial charge in [-0.2, -0.15) is 0 Å². The molecule has 0 aliphatic carbocycles. The Morgan fingerprint density at radius 2 is 2.47 bits per heavy atom. The molecule has 0 fully saturated rings. The summed E-state index contributed by atoms with van der Waals surface area (Å²) in [5.74, 6) is -0.577. The quantitative estimate of drug-likeness (QED) is 0.281. The molecule has 0 bridgehead atoms. The Kier molecular flexibility index (Phi) is 5.92. The Hall–Kier alpha value is -1.15. The molecule has 17 heavy (non-hydrogen) atoms. The Balaban J connectivity index is 2.86. The maximum absolute atomic E-state index is 11.6. The molecule has 2 N–H and O–H groups in total. The smallest absolute Gasteiger partial charge is 0.362 e. The van der Waals surface area contributed by atoms with Crippen molar-refractivity contribution in [3.05, 3.63) is 11.1 Å². The number of esters is 1. The third-order valence-corrected chi connectivity index (χ3v) is 2.56. The van der Waals surface area contributed by atoms with Crippen LogP contribution in [0.5, 0.6) is 0 Å². The number of rotatable bonds is 6. The predicted octanol–water partition coefficient (Wildman–Crippen LogP) is 1.40. The maximum atomic E-state index is 11.6. The number of halogens is 1.